The zero-order valence-corrected chi connectivity index (χ0v) is 9.57. The molecule has 0 spiro atoms. The lowest BCUT2D eigenvalue weighted by Gasteiger charge is -2.13. The van der Waals surface area contributed by atoms with E-state index in [-0.39, 0.29) is 12.0 Å². The number of aromatic carboxylic acids is 1. The largest absolute Gasteiger partial charge is 0.478 e. The van der Waals surface area contributed by atoms with E-state index in [1.165, 1.54) is 0 Å². The Bertz CT molecular complexity index is 487. The predicted octanol–water partition coefficient (Wildman–Crippen LogP) is 1.39. The number of hydrogen-bond donors (Lipinski definition) is 2. The van der Waals surface area contributed by atoms with E-state index in [4.69, 9.17) is 9.84 Å². The van der Waals surface area contributed by atoms with E-state index in [9.17, 15) is 18.0 Å². The van der Waals surface area contributed by atoms with Crippen LogP contribution in [0.3, 0.4) is 0 Å². The number of ether oxygens (including phenoxy) is 1. The van der Waals surface area contributed by atoms with Crippen molar-refractivity contribution in [1.29, 1.82) is 0 Å². The number of anilines is 1. The highest BCUT2D eigenvalue weighted by atomic mass is 19.4. The summed E-state index contributed by atoms with van der Waals surface area (Å²) in [6.45, 7) is 0.863. The molecule has 2 N–H and O–H groups in total. The number of halogens is 3. The monoisotopic (exact) mass is 277 g/mol. The molecule has 1 aromatic heterocycles. The van der Waals surface area contributed by atoms with Crippen LogP contribution in [0.15, 0.2) is 6.20 Å². The van der Waals surface area contributed by atoms with E-state index in [1.54, 1.807) is 0 Å². The lowest BCUT2D eigenvalue weighted by molar-refractivity contribution is -0.141. The van der Waals surface area contributed by atoms with Gasteiger partial charge in [-0.05, 0) is 6.42 Å². The molecule has 0 aliphatic carbocycles. The number of rotatable bonds is 3. The van der Waals surface area contributed by atoms with Gasteiger partial charge in [0, 0.05) is 12.8 Å². The average molecular weight is 277 g/mol. The SMILES string of the molecule is O=C(O)c1cnc(N[C@@H]2CCOC2)nc1C(F)(F)F. The van der Waals surface area contributed by atoms with E-state index in [1.807, 2.05) is 0 Å². The van der Waals surface area contributed by atoms with Crippen LogP contribution in [0.4, 0.5) is 19.1 Å². The molecule has 1 aliphatic rings. The molecule has 9 heteroatoms. The van der Waals surface area contributed by atoms with E-state index in [0.717, 1.165) is 0 Å². The molecule has 6 nitrogen and oxygen atoms in total. The quantitative estimate of drug-likeness (QED) is 0.868. The summed E-state index contributed by atoms with van der Waals surface area (Å²) in [6, 6.07) is -0.170. The summed E-state index contributed by atoms with van der Waals surface area (Å²) in [6.07, 6.45) is -3.57. The van der Waals surface area contributed by atoms with Gasteiger partial charge in [-0.15, -0.1) is 0 Å². The number of carbonyl (C=O) groups is 1. The molecule has 19 heavy (non-hydrogen) atoms. The molecule has 104 valence electrons. The zero-order chi connectivity index (χ0) is 14.0. The fourth-order valence-corrected chi connectivity index (χ4v) is 1.65. The Kier molecular flexibility index (Phi) is 3.56. The first-order valence-corrected chi connectivity index (χ1v) is 5.39. The number of nitrogens with zero attached hydrogens (tertiary/aromatic N) is 2. The molecule has 2 rings (SSSR count). The van der Waals surface area contributed by atoms with Gasteiger partial charge in [0.05, 0.1) is 12.6 Å². The van der Waals surface area contributed by atoms with Crippen LogP contribution >= 0.6 is 0 Å². The Hall–Kier alpha value is -1.90. The number of nitrogens with one attached hydrogen (secondary N) is 1. The Morgan fingerprint density at radius 1 is 1.53 bits per heavy atom. The van der Waals surface area contributed by atoms with Crippen LogP contribution in [0.2, 0.25) is 0 Å². The summed E-state index contributed by atoms with van der Waals surface area (Å²) in [4.78, 5) is 17.5. The van der Waals surface area contributed by atoms with Gasteiger partial charge in [-0.2, -0.15) is 13.2 Å². The highest BCUT2D eigenvalue weighted by Crippen LogP contribution is 2.30. The maximum Gasteiger partial charge on any atom is 0.434 e. The topological polar surface area (TPSA) is 84.3 Å². The van der Waals surface area contributed by atoms with E-state index in [2.05, 4.69) is 15.3 Å². The lowest BCUT2D eigenvalue weighted by atomic mass is 10.2. The van der Waals surface area contributed by atoms with Crippen LogP contribution in [0.1, 0.15) is 22.5 Å². The molecule has 2 heterocycles. The number of carboxylic acid groups (broad SMARTS) is 1. The molecular formula is C10H10F3N3O3. The van der Waals surface area contributed by atoms with Crippen LogP contribution in [-0.2, 0) is 10.9 Å². The summed E-state index contributed by atoms with van der Waals surface area (Å²) < 4.78 is 43.1. The number of alkyl halides is 3. The highest BCUT2D eigenvalue weighted by molar-refractivity contribution is 5.88. The third-order valence-corrected chi connectivity index (χ3v) is 2.55. The molecule has 1 fully saturated rings. The van der Waals surface area contributed by atoms with E-state index in [0.29, 0.717) is 25.8 Å². The number of carboxylic acids is 1. The number of aromatic nitrogens is 2. The van der Waals surface area contributed by atoms with Crippen molar-refractivity contribution in [3.05, 3.63) is 17.5 Å². The van der Waals surface area contributed by atoms with Crippen molar-refractivity contribution in [1.82, 2.24) is 9.97 Å². The summed E-state index contributed by atoms with van der Waals surface area (Å²) in [5.74, 6) is -1.98. The lowest BCUT2D eigenvalue weighted by Crippen LogP contribution is -2.23. The second-order valence-corrected chi connectivity index (χ2v) is 3.96. The Labute approximate surface area is 105 Å². The third kappa shape index (κ3) is 3.11. The first kappa shape index (κ1) is 13.5. The smallest absolute Gasteiger partial charge is 0.434 e. The molecule has 0 unspecified atom stereocenters. The standard InChI is InChI=1S/C10H10F3N3O3/c11-10(12,13)7-6(8(17)18)3-14-9(16-7)15-5-1-2-19-4-5/h3,5H,1-2,4H2,(H,17,18)(H,14,15,16)/t5-/m1/s1. The summed E-state index contributed by atoms with van der Waals surface area (Å²) in [5.41, 5.74) is -2.43. The molecule has 0 saturated carbocycles. The van der Waals surface area contributed by atoms with Crippen molar-refractivity contribution >= 4 is 11.9 Å². The van der Waals surface area contributed by atoms with Gasteiger partial charge < -0.3 is 15.2 Å². The minimum Gasteiger partial charge on any atom is -0.478 e. The van der Waals surface area contributed by atoms with Crippen LogP contribution in [-0.4, -0.2) is 40.3 Å². The van der Waals surface area contributed by atoms with Crippen molar-refractivity contribution in [2.75, 3.05) is 18.5 Å². The predicted molar refractivity (Wildman–Crippen MR) is 56.8 cm³/mol. The van der Waals surface area contributed by atoms with Gasteiger partial charge in [-0.25, -0.2) is 14.8 Å². The van der Waals surface area contributed by atoms with Crippen molar-refractivity contribution < 1.29 is 27.8 Å². The molecule has 1 atom stereocenters. The molecule has 1 saturated heterocycles. The first-order valence-electron chi connectivity index (χ1n) is 5.39. The second-order valence-electron chi connectivity index (χ2n) is 3.96. The molecule has 0 aromatic carbocycles. The van der Waals surface area contributed by atoms with Crippen LogP contribution in [0, 0.1) is 0 Å². The van der Waals surface area contributed by atoms with Crippen LogP contribution < -0.4 is 5.32 Å². The van der Waals surface area contributed by atoms with Gasteiger partial charge in [0.15, 0.2) is 5.69 Å². The maximum absolute atomic E-state index is 12.7. The van der Waals surface area contributed by atoms with Crippen molar-refractivity contribution in [3.63, 3.8) is 0 Å². The van der Waals surface area contributed by atoms with Gasteiger partial charge in [0.2, 0.25) is 5.95 Å². The molecule has 1 aromatic rings. The van der Waals surface area contributed by atoms with Crippen molar-refractivity contribution in [2.45, 2.75) is 18.6 Å². The van der Waals surface area contributed by atoms with Crippen LogP contribution in [0.5, 0.6) is 0 Å². The minimum atomic E-state index is -4.85. The maximum atomic E-state index is 12.7. The second kappa shape index (κ2) is 5.00. The van der Waals surface area contributed by atoms with Gasteiger partial charge in [-0.1, -0.05) is 0 Å². The number of hydrogen-bond acceptors (Lipinski definition) is 5. The van der Waals surface area contributed by atoms with Gasteiger partial charge in [0.1, 0.15) is 5.56 Å². The Morgan fingerprint density at radius 3 is 2.79 bits per heavy atom. The van der Waals surface area contributed by atoms with E-state index < -0.39 is 23.4 Å². The van der Waals surface area contributed by atoms with Crippen molar-refractivity contribution in [3.8, 4) is 0 Å². The Morgan fingerprint density at radius 2 is 2.26 bits per heavy atom. The van der Waals surface area contributed by atoms with Crippen molar-refractivity contribution in [2.24, 2.45) is 0 Å². The normalized spacial score (nSPS) is 19.4. The van der Waals surface area contributed by atoms with Gasteiger partial charge >= 0.3 is 12.1 Å². The van der Waals surface area contributed by atoms with Crippen LogP contribution in [0.25, 0.3) is 0 Å². The summed E-state index contributed by atoms with van der Waals surface area (Å²) in [7, 11) is 0. The third-order valence-electron chi connectivity index (χ3n) is 2.55. The average Bonchev–Trinajstić information content (AvgIpc) is 2.80. The molecule has 0 radical (unpaired) electrons. The zero-order valence-electron chi connectivity index (χ0n) is 9.57. The van der Waals surface area contributed by atoms with Gasteiger partial charge in [-0.3, -0.25) is 0 Å². The fraction of sp³-hybridized carbons (Fsp3) is 0.500. The molecule has 1 aliphatic heterocycles. The highest BCUT2D eigenvalue weighted by Gasteiger charge is 2.38. The minimum absolute atomic E-state index is 0.170. The molecule has 0 bridgehead atoms. The van der Waals surface area contributed by atoms with Gasteiger partial charge in [0.25, 0.3) is 0 Å². The summed E-state index contributed by atoms with van der Waals surface area (Å²) >= 11 is 0. The molecular weight excluding hydrogens is 267 g/mol. The molecule has 0 amide bonds. The fourth-order valence-electron chi connectivity index (χ4n) is 1.65. The summed E-state index contributed by atoms with van der Waals surface area (Å²) in [5, 5.41) is 11.4. The van der Waals surface area contributed by atoms with E-state index >= 15 is 0 Å². The first-order chi connectivity index (χ1) is 8.88. The Balaban J connectivity index is 2.29.